The van der Waals surface area contributed by atoms with Crippen molar-refractivity contribution in [2.24, 2.45) is 0 Å². The Kier molecular flexibility index (Phi) is 7.13. The summed E-state index contributed by atoms with van der Waals surface area (Å²) in [5, 5.41) is 0.140. The first-order chi connectivity index (χ1) is 10.9. The molecule has 0 aliphatic carbocycles. The lowest BCUT2D eigenvalue weighted by molar-refractivity contribution is 0.223. The van der Waals surface area contributed by atoms with Crippen LogP contribution in [0.15, 0.2) is 30.3 Å². The molecule has 1 heterocycles. The molecule has 0 aliphatic rings. The van der Waals surface area contributed by atoms with Crippen LogP contribution in [0.3, 0.4) is 0 Å². The van der Waals surface area contributed by atoms with Crippen molar-refractivity contribution < 1.29 is 13.5 Å². The number of hydrogen-bond donors (Lipinski definition) is 0. The lowest BCUT2D eigenvalue weighted by Gasteiger charge is -2.19. The fraction of sp³-hybridized carbons (Fsp3) is 0.389. The third-order valence-corrected chi connectivity index (χ3v) is 4.35. The summed E-state index contributed by atoms with van der Waals surface area (Å²) < 4.78 is 33.1. The Morgan fingerprint density at radius 3 is 2.39 bits per heavy atom. The predicted octanol–water partition coefficient (Wildman–Crippen LogP) is 5.81. The molecule has 0 radical (unpaired) electrons. The van der Waals surface area contributed by atoms with Gasteiger partial charge in [-0.15, -0.1) is 0 Å². The zero-order chi connectivity index (χ0) is 17.6. The lowest BCUT2D eigenvalue weighted by atomic mass is 10.0. The number of ether oxygens (including phenoxy) is 1. The summed E-state index contributed by atoms with van der Waals surface area (Å²) in [6.45, 7) is 7.13. The van der Waals surface area contributed by atoms with E-state index in [-0.39, 0.29) is 11.1 Å². The number of pyridine rings is 1. The highest BCUT2D eigenvalue weighted by Gasteiger charge is 2.27. The van der Waals surface area contributed by atoms with Gasteiger partial charge in [0.25, 0.3) is 0 Å². The fourth-order valence-electron chi connectivity index (χ4n) is 1.97. The van der Waals surface area contributed by atoms with Crippen molar-refractivity contribution in [2.75, 3.05) is 12.4 Å². The molecular weight excluding hydrogens is 364 g/mol. The smallest absolute Gasteiger partial charge is 0.159 e. The van der Waals surface area contributed by atoms with Crippen LogP contribution in [0, 0.1) is 12.7 Å². The number of benzene rings is 1. The van der Waals surface area contributed by atoms with E-state index in [1.807, 2.05) is 13.8 Å². The van der Waals surface area contributed by atoms with Gasteiger partial charge in [-0.2, -0.15) is 0 Å². The summed E-state index contributed by atoms with van der Waals surface area (Å²) in [7, 11) is 1.52. The van der Waals surface area contributed by atoms with E-state index in [1.165, 1.54) is 20.1 Å². The third-order valence-electron chi connectivity index (χ3n) is 3.29. The average Bonchev–Trinajstić information content (AvgIpc) is 2.58. The molecule has 23 heavy (non-hydrogen) atoms. The van der Waals surface area contributed by atoms with Crippen molar-refractivity contribution in [3.63, 3.8) is 0 Å². The van der Waals surface area contributed by atoms with E-state index in [1.54, 1.807) is 31.2 Å². The minimum absolute atomic E-state index is 0.140. The second-order valence-corrected chi connectivity index (χ2v) is 5.60. The topological polar surface area (TPSA) is 22.1 Å². The van der Waals surface area contributed by atoms with Gasteiger partial charge in [0.05, 0.1) is 12.8 Å². The Hall–Kier alpha value is -1.49. The number of aryl methyl sites for hydroxylation is 1. The molecule has 2 aromatic rings. The van der Waals surface area contributed by atoms with Crippen LogP contribution in [0.25, 0.3) is 11.3 Å². The Morgan fingerprint density at radius 2 is 1.87 bits per heavy atom. The monoisotopic (exact) mass is 385 g/mol. The van der Waals surface area contributed by atoms with Crippen molar-refractivity contribution in [1.82, 2.24) is 4.98 Å². The van der Waals surface area contributed by atoms with Crippen molar-refractivity contribution in [1.29, 1.82) is 0 Å². The maximum Gasteiger partial charge on any atom is 0.159 e. The second kappa shape index (κ2) is 8.39. The largest absolute Gasteiger partial charge is 0.494 e. The van der Waals surface area contributed by atoms with Gasteiger partial charge in [0, 0.05) is 10.9 Å². The van der Waals surface area contributed by atoms with Crippen LogP contribution in [-0.4, -0.2) is 17.4 Å². The summed E-state index contributed by atoms with van der Waals surface area (Å²) in [5.74, 6) is 0.236. The van der Waals surface area contributed by atoms with Gasteiger partial charge >= 0.3 is 0 Å². The van der Waals surface area contributed by atoms with E-state index in [0.29, 0.717) is 28.3 Å². The Morgan fingerprint density at radius 1 is 1.22 bits per heavy atom. The predicted molar refractivity (Wildman–Crippen MR) is 94.5 cm³/mol. The summed E-state index contributed by atoms with van der Waals surface area (Å²) >= 11 is 3.15. The van der Waals surface area contributed by atoms with E-state index in [4.69, 9.17) is 4.74 Å². The summed E-state index contributed by atoms with van der Waals surface area (Å²) in [6, 6.07) is 7.93. The number of hydrogen-bond acceptors (Lipinski definition) is 2. The highest BCUT2D eigenvalue weighted by molar-refractivity contribution is 9.09. The van der Waals surface area contributed by atoms with E-state index in [0.717, 1.165) is 0 Å². The van der Waals surface area contributed by atoms with Crippen LogP contribution in [0.5, 0.6) is 5.75 Å². The quantitative estimate of drug-likeness (QED) is 0.619. The molecule has 126 valence electrons. The van der Waals surface area contributed by atoms with E-state index < -0.39 is 5.67 Å². The van der Waals surface area contributed by atoms with Crippen molar-refractivity contribution in [3.8, 4) is 17.0 Å². The number of alkyl halides is 2. The number of rotatable bonds is 4. The summed E-state index contributed by atoms with van der Waals surface area (Å²) in [5.41, 5.74) is 0.416. The zero-order valence-corrected chi connectivity index (χ0v) is 15.7. The molecule has 0 amide bonds. The molecule has 0 saturated heterocycles. The molecule has 1 atom stereocenters. The van der Waals surface area contributed by atoms with Crippen molar-refractivity contribution >= 4 is 15.9 Å². The average molecular weight is 386 g/mol. The zero-order valence-electron chi connectivity index (χ0n) is 14.1. The van der Waals surface area contributed by atoms with Crippen LogP contribution < -0.4 is 4.74 Å². The van der Waals surface area contributed by atoms with E-state index in [2.05, 4.69) is 20.9 Å². The van der Waals surface area contributed by atoms with E-state index >= 15 is 0 Å². The van der Waals surface area contributed by atoms with Gasteiger partial charge in [0.15, 0.2) is 5.67 Å². The van der Waals surface area contributed by atoms with Gasteiger partial charge in [-0.1, -0.05) is 29.8 Å². The molecule has 2 rings (SSSR count). The van der Waals surface area contributed by atoms with Gasteiger partial charge in [-0.3, -0.25) is 0 Å². The lowest BCUT2D eigenvalue weighted by Crippen LogP contribution is -2.19. The molecular formula is C18H22BrF2NO. The maximum atomic E-state index is 14.4. The molecule has 1 aromatic carbocycles. The van der Waals surface area contributed by atoms with Crippen molar-refractivity contribution in [2.45, 2.75) is 33.4 Å². The SMILES string of the molecule is CC.COc1ccc(C(C)(F)CBr)nc1-c1ccc(F)c(C)c1. The van der Waals surface area contributed by atoms with Crippen LogP contribution in [0.1, 0.15) is 32.0 Å². The molecule has 2 nitrogen and oxygen atoms in total. The minimum Gasteiger partial charge on any atom is -0.494 e. The number of aromatic nitrogens is 1. The van der Waals surface area contributed by atoms with Gasteiger partial charge in [0.1, 0.15) is 17.3 Å². The van der Waals surface area contributed by atoms with Crippen LogP contribution in [0.4, 0.5) is 8.78 Å². The Balaban J connectivity index is 0.00000127. The molecule has 0 saturated carbocycles. The molecule has 0 N–H and O–H groups in total. The first kappa shape index (κ1) is 19.6. The molecule has 1 unspecified atom stereocenters. The molecule has 0 bridgehead atoms. The maximum absolute atomic E-state index is 14.4. The number of halogens is 3. The Labute approximate surface area is 145 Å². The third kappa shape index (κ3) is 4.50. The highest BCUT2D eigenvalue weighted by Crippen LogP contribution is 2.33. The Bertz CT molecular complexity index is 659. The van der Waals surface area contributed by atoms with Gasteiger partial charge in [0.2, 0.25) is 0 Å². The molecule has 0 spiro atoms. The molecule has 0 aliphatic heterocycles. The first-order valence-corrected chi connectivity index (χ1v) is 8.58. The second-order valence-electron chi connectivity index (χ2n) is 5.04. The summed E-state index contributed by atoms with van der Waals surface area (Å²) in [4.78, 5) is 4.37. The van der Waals surface area contributed by atoms with Crippen LogP contribution in [-0.2, 0) is 5.67 Å². The first-order valence-electron chi connectivity index (χ1n) is 7.46. The van der Waals surface area contributed by atoms with Gasteiger partial charge in [-0.25, -0.2) is 13.8 Å². The van der Waals surface area contributed by atoms with Crippen molar-refractivity contribution in [3.05, 3.63) is 47.4 Å². The fourth-order valence-corrected chi connectivity index (χ4v) is 2.26. The standard InChI is InChI=1S/C16H16BrF2NO.C2H6/c1-10-8-11(4-5-12(10)18)15-13(21-3)6-7-14(20-15)16(2,19)9-17;1-2/h4-8H,9H2,1-3H3;1-2H3. The normalized spacial score (nSPS) is 12.9. The van der Waals surface area contributed by atoms with E-state index in [9.17, 15) is 8.78 Å². The van der Waals surface area contributed by atoms with Gasteiger partial charge < -0.3 is 4.74 Å². The minimum atomic E-state index is -1.59. The number of nitrogens with zero attached hydrogens (tertiary/aromatic N) is 1. The van der Waals surface area contributed by atoms with Crippen LogP contribution in [0.2, 0.25) is 0 Å². The van der Waals surface area contributed by atoms with Gasteiger partial charge in [-0.05, 0) is 49.7 Å². The number of methoxy groups -OCH3 is 1. The molecule has 5 heteroatoms. The summed E-state index contributed by atoms with van der Waals surface area (Å²) in [6.07, 6.45) is 0. The van der Waals surface area contributed by atoms with Crippen LogP contribution >= 0.6 is 15.9 Å². The molecule has 0 fully saturated rings. The molecule has 1 aromatic heterocycles. The highest BCUT2D eigenvalue weighted by atomic mass is 79.9.